The van der Waals surface area contributed by atoms with Gasteiger partial charge >= 0.3 is 14.2 Å². The Bertz CT molecular complexity index is 2450. The van der Waals surface area contributed by atoms with Crippen LogP contribution in [0.1, 0.15) is 105 Å². The second kappa shape index (κ2) is 13.7. The molecule has 6 nitrogen and oxygen atoms in total. The molecule has 10 rings (SSSR count). The molecule has 6 aromatic carbocycles. The molecule has 0 aromatic heterocycles. The summed E-state index contributed by atoms with van der Waals surface area (Å²) in [7, 11) is -1.29. The van der Waals surface area contributed by atoms with Crippen LogP contribution in [0.3, 0.4) is 0 Å². The second-order valence-corrected chi connectivity index (χ2v) is 20.7. The lowest BCUT2D eigenvalue weighted by atomic mass is 9.68. The fourth-order valence-corrected chi connectivity index (χ4v) is 10.1. The molecule has 0 amide bonds. The first-order valence-corrected chi connectivity index (χ1v) is 22.2. The van der Waals surface area contributed by atoms with E-state index in [-0.39, 0.29) is 10.8 Å². The third-order valence-corrected chi connectivity index (χ3v) is 15.2. The molecule has 0 spiro atoms. The Hall–Kier alpha value is -5.11. The van der Waals surface area contributed by atoms with Crippen molar-refractivity contribution in [2.45, 2.75) is 116 Å². The average Bonchev–Trinajstić information content (AvgIpc) is 3.60. The molecule has 4 aliphatic heterocycles. The highest BCUT2D eigenvalue weighted by Gasteiger charge is 2.55. The van der Waals surface area contributed by atoms with Crippen molar-refractivity contribution in [1.29, 1.82) is 0 Å². The van der Waals surface area contributed by atoms with E-state index >= 15 is 0 Å². The number of fused-ring (bicyclic) bond motifs is 4. The molecular formula is C54H58B2N2O4. The Labute approximate surface area is 369 Å². The van der Waals surface area contributed by atoms with Gasteiger partial charge in [0, 0.05) is 22.2 Å². The van der Waals surface area contributed by atoms with Gasteiger partial charge in [0.05, 0.1) is 45.2 Å². The fraction of sp³-hybridized carbons (Fsp3) is 0.333. The van der Waals surface area contributed by atoms with Gasteiger partial charge in [-0.1, -0.05) is 113 Å². The van der Waals surface area contributed by atoms with Crippen LogP contribution in [0.15, 0.2) is 133 Å². The van der Waals surface area contributed by atoms with E-state index in [0.717, 1.165) is 56.2 Å². The van der Waals surface area contributed by atoms with Crippen LogP contribution in [-0.4, -0.2) is 36.6 Å². The van der Waals surface area contributed by atoms with Crippen LogP contribution in [0.2, 0.25) is 0 Å². The molecule has 8 heteroatoms. The summed E-state index contributed by atoms with van der Waals surface area (Å²) in [5, 5.41) is 0. The molecule has 6 aromatic rings. The van der Waals surface area contributed by atoms with Gasteiger partial charge in [-0.3, -0.25) is 0 Å². The van der Waals surface area contributed by atoms with E-state index in [1.807, 2.05) is 0 Å². The molecule has 62 heavy (non-hydrogen) atoms. The Morgan fingerprint density at radius 1 is 0.339 bits per heavy atom. The van der Waals surface area contributed by atoms with Crippen LogP contribution in [0.5, 0.6) is 0 Å². The molecule has 0 bridgehead atoms. The molecule has 0 N–H and O–H groups in total. The van der Waals surface area contributed by atoms with E-state index in [1.54, 1.807) is 0 Å². The van der Waals surface area contributed by atoms with E-state index in [0.29, 0.717) is 0 Å². The monoisotopic (exact) mass is 820 g/mol. The third-order valence-electron chi connectivity index (χ3n) is 15.2. The maximum absolute atomic E-state index is 6.96. The smallest absolute Gasteiger partial charge is 0.399 e. The quantitative estimate of drug-likeness (QED) is 0.161. The number of nitrogens with zero attached hydrogens (tertiary/aromatic N) is 2. The maximum atomic E-state index is 6.96. The van der Waals surface area contributed by atoms with Gasteiger partial charge in [0.1, 0.15) is 0 Å². The molecular weight excluding hydrogens is 762 g/mol. The van der Waals surface area contributed by atoms with Gasteiger partial charge < -0.3 is 28.4 Å². The fourth-order valence-electron chi connectivity index (χ4n) is 10.1. The summed E-state index contributed by atoms with van der Waals surface area (Å²) >= 11 is 0. The number of para-hydroxylation sites is 4. The van der Waals surface area contributed by atoms with Gasteiger partial charge in [0.2, 0.25) is 0 Å². The van der Waals surface area contributed by atoms with Crippen molar-refractivity contribution in [3.63, 3.8) is 0 Å². The lowest BCUT2D eigenvalue weighted by Gasteiger charge is -2.42. The SMILES string of the molecule is CC1(C)c2ccccc2N(c2ccc(-c3ccc(N4c5ccccc5C(C)(C)c5ccccc54)cc3B3OC(C)(C)C(C)(C)O3)c(B3OC(C)(C)C(C)(C)O3)c2)c2ccccc21. The van der Waals surface area contributed by atoms with Crippen molar-refractivity contribution >= 4 is 59.3 Å². The van der Waals surface area contributed by atoms with Crippen LogP contribution in [0.25, 0.3) is 11.1 Å². The predicted octanol–water partition coefficient (Wildman–Crippen LogP) is 12.2. The zero-order valence-corrected chi connectivity index (χ0v) is 38.4. The van der Waals surface area contributed by atoms with Gasteiger partial charge in [0.15, 0.2) is 0 Å². The van der Waals surface area contributed by atoms with E-state index in [2.05, 4.69) is 226 Å². The van der Waals surface area contributed by atoms with Gasteiger partial charge in [0.25, 0.3) is 0 Å². The summed E-state index contributed by atoms with van der Waals surface area (Å²) in [4.78, 5) is 4.80. The van der Waals surface area contributed by atoms with Crippen molar-refractivity contribution in [1.82, 2.24) is 0 Å². The van der Waals surface area contributed by atoms with Crippen molar-refractivity contribution < 1.29 is 18.6 Å². The van der Waals surface area contributed by atoms with Gasteiger partial charge in [-0.25, -0.2) is 0 Å². The minimum atomic E-state index is -0.643. The molecule has 4 heterocycles. The Balaban J connectivity index is 1.20. The summed E-state index contributed by atoms with van der Waals surface area (Å²) in [5.41, 5.74) is 13.2. The van der Waals surface area contributed by atoms with Crippen LogP contribution in [0.4, 0.5) is 34.1 Å². The maximum Gasteiger partial charge on any atom is 0.495 e. The van der Waals surface area contributed by atoms with Crippen molar-refractivity contribution in [3.8, 4) is 11.1 Å². The zero-order chi connectivity index (χ0) is 43.8. The zero-order valence-electron chi connectivity index (χ0n) is 38.4. The van der Waals surface area contributed by atoms with Gasteiger partial charge in [-0.05, 0) is 148 Å². The molecule has 2 fully saturated rings. The van der Waals surface area contributed by atoms with E-state index in [4.69, 9.17) is 18.6 Å². The normalized spacial score (nSPS) is 20.6. The molecule has 0 aliphatic carbocycles. The first-order valence-electron chi connectivity index (χ1n) is 22.2. The highest BCUT2D eigenvalue weighted by atomic mass is 16.7. The van der Waals surface area contributed by atoms with Crippen LogP contribution < -0.4 is 20.7 Å². The van der Waals surface area contributed by atoms with Crippen LogP contribution in [-0.2, 0) is 29.4 Å². The van der Waals surface area contributed by atoms with Crippen molar-refractivity contribution in [2.24, 2.45) is 0 Å². The summed E-state index contributed by atoms with van der Waals surface area (Å²) in [6.45, 7) is 26.3. The Morgan fingerprint density at radius 2 is 0.597 bits per heavy atom. The van der Waals surface area contributed by atoms with Crippen molar-refractivity contribution in [2.75, 3.05) is 9.80 Å². The summed E-state index contributed by atoms with van der Waals surface area (Å²) in [6, 6.07) is 48.7. The Morgan fingerprint density at radius 3 is 0.871 bits per heavy atom. The highest BCUT2D eigenvalue weighted by molar-refractivity contribution is 6.66. The molecule has 2 saturated heterocycles. The standard InChI is InChI=1S/C54H58B2N2O4/c1-49(2)39-21-13-17-25-45(39)57(46-26-18-14-22-40(46)49)35-29-31-37(43(33-35)55-59-51(5,6)52(7,8)60-55)38-32-30-36(34-44(38)56-61-53(9,10)54(11,12)62-56)58-47-27-19-15-23-41(47)50(3,4)42-24-16-20-28-48(42)58/h13-34H,1-12H3. The van der Waals surface area contributed by atoms with Gasteiger partial charge in [-0.15, -0.1) is 0 Å². The summed E-state index contributed by atoms with van der Waals surface area (Å²) in [6.07, 6.45) is 0. The average molecular weight is 821 g/mol. The topological polar surface area (TPSA) is 43.4 Å². The number of rotatable bonds is 5. The van der Waals surface area contributed by atoms with E-state index in [1.165, 1.54) is 22.3 Å². The number of anilines is 6. The van der Waals surface area contributed by atoms with E-state index < -0.39 is 36.6 Å². The summed E-state index contributed by atoms with van der Waals surface area (Å²) in [5.74, 6) is 0. The molecule has 4 aliphatic rings. The second-order valence-electron chi connectivity index (χ2n) is 20.7. The largest absolute Gasteiger partial charge is 0.495 e. The molecule has 0 saturated carbocycles. The Kier molecular flexibility index (Phi) is 9.04. The predicted molar refractivity (Wildman–Crippen MR) is 257 cm³/mol. The summed E-state index contributed by atoms with van der Waals surface area (Å²) < 4.78 is 27.9. The number of hydrogen-bond donors (Lipinski definition) is 0. The van der Waals surface area contributed by atoms with Crippen LogP contribution in [0, 0.1) is 0 Å². The molecule has 0 radical (unpaired) electrons. The van der Waals surface area contributed by atoms with E-state index in [9.17, 15) is 0 Å². The number of benzene rings is 6. The van der Waals surface area contributed by atoms with Gasteiger partial charge in [-0.2, -0.15) is 0 Å². The minimum absolute atomic E-state index is 0.178. The van der Waals surface area contributed by atoms with Crippen molar-refractivity contribution in [3.05, 3.63) is 156 Å². The molecule has 314 valence electrons. The first kappa shape index (κ1) is 40.9. The lowest BCUT2D eigenvalue weighted by molar-refractivity contribution is 0.00578. The van der Waals surface area contributed by atoms with Crippen LogP contribution >= 0.6 is 0 Å². The highest BCUT2D eigenvalue weighted by Crippen LogP contribution is 2.54. The first-order chi connectivity index (χ1) is 29.2. The third kappa shape index (κ3) is 6.01. The lowest BCUT2D eigenvalue weighted by Crippen LogP contribution is -2.41. The number of hydrogen-bond acceptors (Lipinski definition) is 6. The minimum Gasteiger partial charge on any atom is -0.399 e. The molecule has 0 atom stereocenters. The molecule has 0 unspecified atom stereocenters.